The van der Waals surface area contributed by atoms with Crippen molar-refractivity contribution in [3.05, 3.63) is 108 Å². The summed E-state index contributed by atoms with van der Waals surface area (Å²) in [5.41, 5.74) is 9.18. The van der Waals surface area contributed by atoms with Gasteiger partial charge in [0.2, 0.25) is 5.91 Å². The van der Waals surface area contributed by atoms with Gasteiger partial charge in [-0.05, 0) is 56.0 Å². The molecule has 5 rings (SSSR count). The maximum Gasteiger partial charge on any atom is 1.00 e. The van der Waals surface area contributed by atoms with Crippen LogP contribution in [0.2, 0.25) is 0 Å². The van der Waals surface area contributed by atoms with E-state index in [4.69, 9.17) is 5.73 Å². The van der Waals surface area contributed by atoms with Gasteiger partial charge in [-0.3, -0.25) is 9.59 Å². The van der Waals surface area contributed by atoms with Crippen molar-refractivity contribution in [2.24, 2.45) is 0 Å². The van der Waals surface area contributed by atoms with Crippen molar-refractivity contribution in [1.82, 2.24) is 14.8 Å². The van der Waals surface area contributed by atoms with Crippen LogP contribution in [0.25, 0.3) is 10.9 Å². The van der Waals surface area contributed by atoms with Crippen molar-refractivity contribution in [3.8, 4) is 6.07 Å². The number of hydrogen-bond donors (Lipinski definition) is 2. The summed E-state index contributed by atoms with van der Waals surface area (Å²) in [5, 5.41) is 9.43. The van der Waals surface area contributed by atoms with Crippen molar-refractivity contribution in [1.29, 1.82) is 5.26 Å². The number of nitriles is 1. The van der Waals surface area contributed by atoms with Crippen LogP contribution in [0.5, 0.6) is 0 Å². The predicted octanol–water partition coefficient (Wildman–Crippen LogP) is 3.03. The number of aryl methyl sites for hydroxylation is 2. The minimum Gasteiger partial charge on any atom is -0.870 e. The van der Waals surface area contributed by atoms with E-state index in [-0.39, 0.29) is 85.9 Å². The second kappa shape index (κ2) is 18.8. The van der Waals surface area contributed by atoms with Crippen molar-refractivity contribution < 1.29 is 75.2 Å². The van der Waals surface area contributed by atoms with Crippen LogP contribution in [-0.2, 0) is 11.2 Å². The Hall–Kier alpha value is -3.11. The Bertz CT molecular complexity index is 1570. The molecule has 1 unspecified atom stereocenters. The number of aromatic amines is 1. The van der Waals surface area contributed by atoms with E-state index in [1.807, 2.05) is 48.9 Å². The van der Waals surface area contributed by atoms with Crippen LogP contribution in [0.3, 0.4) is 0 Å². The van der Waals surface area contributed by atoms with Crippen LogP contribution >= 0.6 is 0 Å². The number of nitrogens with one attached hydrogen (secondary N) is 1. The van der Waals surface area contributed by atoms with E-state index in [1.54, 1.807) is 0 Å². The number of likely N-dealkylation sites (tertiary alicyclic amines) is 1. The van der Waals surface area contributed by atoms with E-state index in [0.29, 0.717) is 31.6 Å². The van der Waals surface area contributed by atoms with Gasteiger partial charge in [-0.25, -0.2) is 8.78 Å². The molecule has 1 fully saturated rings. The van der Waals surface area contributed by atoms with Crippen molar-refractivity contribution >= 4 is 28.4 Å². The van der Waals surface area contributed by atoms with Crippen LogP contribution in [0.1, 0.15) is 47.3 Å². The van der Waals surface area contributed by atoms with E-state index in [1.165, 1.54) is 27.0 Å². The number of unbranched alkanes of at least 4 members (excludes halogenated alkanes) is 2. The average Bonchev–Trinajstić information content (AvgIpc) is 3.65. The number of benzene rings is 3. The molecule has 11 heteroatoms. The summed E-state index contributed by atoms with van der Waals surface area (Å²) in [7, 11) is 0. The van der Waals surface area contributed by atoms with E-state index >= 15 is 0 Å². The molecule has 1 atom stereocenters. The molecule has 2 amide bonds. The molecular formula is C34H37F2KN5O3-. The van der Waals surface area contributed by atoms with Gasteiger partial charge in [-0.15, -0.1) is 13.0 Å². The first kappa shape index (κ1) is 38.1. The first-order valence-corrected chi connectivity index (χ1v) is 14.4. The first-order chi connectivity index (χ1) is 20.7. The van der Waals surface area contributed by atoms with Crippen LogP contribution in [0.15, 0.2) is 72.8 Å². The van der Waals surface area contributed by atoms with Gasteiger partial charge < -0.3 is 32.4 Å². The number of nitrogens with two attached hydrogens (primary N) is 1. The van der Waals surface area contributed by atoms with Crippen molar-refractivity contribution in [2.45, 2.75) is 45.1 Å². The Morgan fingerprint density at radius 3 is 2.42 bits per heavy atom. The van der Waals surface area contributed by atoms with Gasteiger partial charge in [0.05, 0.1) is 17.6 Å². The largest absolute Gasteiger partial charge is 1.00 e. The molecule has 0 spiro atoms. The quantitative estimate of drug-likeness (QED) is 0.126. The summed E-state index contributed by atoms with van der Waals surface area (Å²) in [6, 6.07) is 22.8. The minimum atomic E-state index is -0.768. The molecule has 1 saturated heterocycles. The summed E-state index contributed by atoms with van der Waals surface area (Å²) in [6.45, 7) is 2.56. The van der Waals surface area contributed by atoms with Crippen molar-refractivity contribution in [2.75, 3.05) is 25.4 Å². The molecule has 8 nitrogen and oxygen atoms in total. The summed E-state index contributed by atoms with van der Waals surface area (Å²) in [5.74, 6) is -2.31. The molecule has 3 aromatic carbocycles. The third-order valence-electron chi connectivity index (χ3n) is 7.37. The van der Waals surface area contributed by atoms with Gasteiger partial charge >= 0.3 is 51.4 Å². The zero-order valence-electron chi connectivity index (χ0n) is 25.7. The number of anilines is 1. The smallest absolute Gasteiger partial charge is 0.870 e. The number of carbonyl (C=O) groups excluding carboxylic acids is 2. The summed E-state index contributed by atoms with van der Waals surface area (Å²) in [6.07, 6.45) is 5.61. The number of H-pyrrole nitrogens is 1. The number of fused-ring (bicyclic) bond motifs is 1. The Balaban J connectivity index is 0.000000693. The van der Waals surface area contributed by atoms with Gasteiger partial charge in [0.15, 0.2) is 0 Å². The van der Waals surface area contributed by atoms with Crippen LogP contribution in [-0.4, -0.2) is 57.8 Å². The Labute approximate surface area is 305 Å². The van der Waals surface area contributed by atoms with Crippen LogP contribution in [0, 0.1) is 36.3 Å². The van der Waals surface area contributed by atoms with E-state index < -0.39 is 23.6 Å². The van der Waals surface area contributed by atoms with Gasteiger partial charge in [0.25, 0.3) is 5.91 Å². The van der Waals surface area contributed by atoms with E-state index in [2.05, 4.69) is 30.1 Å². The molecule has 0 aliphatic carbocycles. The normalized spacial score (nSPS) is 13.6. The molecule has 232 valence electrons. The number of carbonyl (C=O) groups is 2. The summed E-state index contributed by atoms with van der Waals surface area (Å²) in [4.78, 5) is 32.0. The first-order valence-electron chi connectivity index (χ1n) is 14.4. The van der Waals surface area contributed by atoms with Crippen molar-refractivity contribution in [3.63, 3.8) is 0 Å². The number of halogens is 2. The maximum absolute atomic E-state index is 14.2. The average molecular weight is 641 g/mol. The number of nitrogen functional groups attached to an aromatic ring is 1. The minimum absolute atomic E-state index is 0. The van der Waals surface area contributed by atoms with Gasteiger partial charge in [-0.1, -0.05) is 54.4 Å². The molecule has 4 N–H and O–H groups in total. The van der Waals surface area contributed by atoms with Gasteiger partial charge in [0, 0.05) is 23.7 Å². The SMILES string of the molecule is Cc1ccccc1.N#CC1C[CH-]CN1C(=O)CN(CCCCCc1ccc(N)cc1)C(=O)c1cc2c(F)cc(F)cc2[nH]1.[K+].[OH-]. The molecule has 0 bridgehead atoms. The molecule has 45 heavy (non-hydrogen) atoms. The number of hydrogen-bond acceptors (Lipinski definition) is 5. The summed E-state index contributed by atoms with van der Waals surface area (Å²) >= 11 is 0. The zero-order valence-corrected chi connectivity index (χ0v) is 28.8. The molecule has 1 aromatic heterocycles. The second-order valence-electron chi connectivity index (χ2n) is 10.7. The molecule has 1 aliphatic heterocycles. The fourth-order valence-corrected chi connectivity index (χ4v) is 5.00. The third-order valence-corrected chi connectivity index (χ3v) is 7.37. The van der Waals surface area contributed by atoms with E-state index in [0.717, 1.165) is 31.4 Å². The molecule has 4 aromatic rings. The molecule has 0 saturated carbocycles. The third kappa shape index (κ3) is 11.0. The van der Waals surface area contributed by atoms with Crippen LogP contribution < -0.4 is 57.1 Å². The Morgan fingerprint density at radius 2 is 1.78 bits per heavy atom. The number of nitrogens with zero attached hydrogens (tertiary/aromatic N) is 3. The summed E-state index contributed by atoms with van der Waals surface area (Å²) < 4.78 is 27.8. The topological polar surface area (TPSA) is 136 Å². The second-order valence-corrected chi connectivity index (χ2v) is 10.7. The van der Waals surface area contributed by atoms with Gasteiger partial charge in [-0.2, -0.15) is 5.26 Å². The fraction of sp³-hybridized carbons (Fsp3) is 0.294. The Kier molecular flexibility index (Phi) is 15.9. The van der Waals surface area contributed by atoms with Crippen LogP contribution in [0.4, 0.5) is 14.5 Å². The molecule has 0 radical (unpaired) electrons. The molecular weight excluding hydrogens is 604 g/mol. The molecule has 1 aliphatic rings. The monoisotopic (exact) mass is 640 g/mol. The fourth-order valence-electron chi connectivity index (χ4n) is 5.00. The predicted molar refractivity (Wildman–Crippen MR) is 166 cm³/mol. The Morgan fingerprint density at radius 1 is 1.07 bits per heavy atom. The number of rotatable bonds is 9. The van der Waals surface area contributed by atoms with E-state index in [9.17, 15) is 23.6 Å². The maximum atomic E-state index is 14.2. The standard InChI is InChI=1S/C27H28F2N5O2.C7H8.K.H2O/c28-19-13-23(29)22-15-25(32-24(22)14-19)27(36)33(17-26(35)34-12-4-6-21(34)16-30)11-3-1-2-5-18-7-9-20(31)10-8-18;1-7-5-3-2-4-6-7;;/h4,7-10,13-15,21,32H,1-3,5-6,11-12,17,31H2;2-6H,1H3;;1H2/q-1;;+1;/p-1. The zero-order chi connectivity index (χ0) is 30.8. The van der Waals surface area contributed by atoms with Gasteiger partial charge in [0.1, 0.15) is 23.9 Å². The molecule has 2 heterocycles. The number of amides is 2. The number of aromatic nitrogens is 1.